The number of hydrogen-bond acceptors (Lipinski definition) is 4. The Kier molecular flexibility index (Phi) is 4.95. The highest BCUT2D eigenvalue weighted by atomic mass is 19.1. The summed E-state index contributed by atoms with van der Waals surface area (Å²) in [5, 5.41) is 3.42. The predicted molar refractivity (Wildman–Crippen MR) is 82.0 cm³/mol. The first-order valence-corrected chi connectivity index (χ1v) is 7.28. The quantitative estimate of drug-likeness (QED) is 0.475. The van der Waals surface area contributed by atoms with Gasteiger partial charge < -0.3 is 14.4 Å². The molecule has 0 bridgehead atoms. The summed E-state index contributed by atoms with van der Waals surface area (Å²) in [5.74, 6) is -0.221. The molecule has 1 amide bonds. The van der Waals surface area contributed by atoms with Crippen LogP contribution in [0.4, 0.5) is 14.9 Å². The van der Waals surface area contributed by atoms with E-state index in [1.807, 2.05) is 0 Å². The van der Waals surface area contributed by atoms with E-state index in [0.29, 0.717) is 25.3 Å². The van der Waals surface area contributed by atoms with Gasteiger partial charge in [0.05, 0.1) is 12.2 Å². The average Bonchev–Trinajstić information content (AvgIpc) is 2.89. The zero-order valence-electron chi connectivity index (χ0n) is 13.3. The largest absolute Gasteiger partial charge is 0.488 e. The predicted octanol–water partition coefficient (Wildman–Crippen LogP) is 4.16. The van der Waals surface area contributed by atoms with Crippen molar-refractivity contribution in [2.24, 2.45) is 5.11 Å². The van der Waals surface area contributed by atoms with Gasteiger partial charge in [0.2, 0.25) is 0 Å². The Morgan fingerprint density at radius 1 is 1.48 bits per heavy atom. The summed E-state index contributed by atoms with van der Waals surface area (Å²) in [7, 11) is 0. The number of amides is 1. The van der Waals surface area contributed by atoms with Crippen molar-refractivity contribution >= 4 is 11.8 Å². The number of carbonyl (C=O) groups is 1. The van der Waals surface area contributed by atoms with Crippen LogP contribution in [0.25, 0.3) is 10.4 Å². The molecule has 1 aliphatic heterocycles. The molecule has 7 nitrogen and oxygen atoms in total. The second-order valence-corrected chi connectivity index (χ2v) is 6.26. The maximum atomic E-state index is 13.2. The van der Waals surface area contributed by atoms with Crippen molar-refractivity contribution in [2.75, 3.05) is 13.1 Å². The van der Waals surface area contributed by atoms with E-state index in [9.17, 15) is 9.18 Å². The van der Waals surface area contributed by atoms with E-state index in [2.05, 4.69) is 10.0 Å². The minimum atomic E-state index is -0.554. The number of hydrogen-bond donors (Lipinski definition) is 0. The molecule has 0 saturated carbocycles. The lowest BCUT2D eigenvalue weighted by atomic mass is 10.2. The van der Waals surface area contributed by atoms with Crippen molar-refractivity contribution in [2.45, 2.75) is 38.9 Å². The van der Waals surface area contributed by atoms with Crippen molar-refractivity contribution in [3.8, 4) is 5.75 Å². The highest BCUT2D eigenvalue weighted by molar-refractivity contribution is 5.68. The van der Waals surface area contributed by atoms with Gasteiger partial charge >= 0.3 is 6.09 Å². The van der Waals surface area contributed by atoms with Gasteiger partial charge in [-0.3, -0.25) is 0 Å². The lowest BCUT2D eigenvalue weighted by Crippen LogP contribution is -2.36. The summed E-state index contributed by atoms with van der Waals surface area (Å²) in [4.78, 5) is 16.2. The summed E-state index contributed by atoms with van der Waals surface area (Å²) in [6, 6.07) is 3.75. The molecule has 1 fully saturated rings. The fourth-order valence-corrected chi connectivity index (χ4v) is 2.21. The number of nitrogens with zero attached hydrogens (tertiary/aromatic N) is 4. The average molecular weight is 322 g/mol. The van der Waals surface area contributed by atoms with Crippen molar-refractivity contribution in [1.29, 1.82) is 0 Å². The summed E-state index contributed by atoms with van der Waals surface area (Å²) < 4.78 is 24.3. The van der Waals surface area contributed by atoms with Crippen LogP contribution in [0.15, 0.2) is 23.3 Å². The van der Waals surface area contributed by atoms with Crippen molar-refractivity contribution in [3.05, 3.63) is 34.5 Å². The number of carbonyl (C=O) groups excluding carboxylic acids is 1. The molecule has 1 aliphatic rings. The first kappa shape index (κ1) is 16.9. The Balaban J connectivity index is 2.01. The topological polar surface area (TPSA) is 87.5 Å². The SMILES string of the molecule is CC(C)(C)OC(=O)N1CCC(Oc2ccc(F)cc2N=[N+]=[N-])C1. The van der Waals surface area contributed by atoms with Crippen molar-refractivity contribution in [3.63, 3.8) is 0 Å². The van der Waals surface area contributed by atoms with Crippen LogP contribution in [0.2, 0.25) is 0 Å². The third-order valence-corrected chi connectivity index (χ3v) is 3.16. The number of ether oxygens (including phenoxy) is 2. The fraction of sp³-hybridized carbons (Fsp3) is 0.533. The lowest BCUT2D eigenvalue weighted by Gasteiger charge is -2.24. The molecule has 1 atom stereocenters. The van der Waals surface area contributed by atoms with E-state index < -0.39 is 17.5 Å². The Hall–Kier alpha value is -2.47. The molecule has 1 heterocycles. The first-order valence-electron chi connectivity index (χ1n) is 7.28. The number of likely N-dealkylation sites (tertiary alicyclic amines) is 1. The third-order valence-electron chi connectivity index (χ3n) is 3.16. The van der Waals surface area contributed by atoms with E-state index in [0.717, 1.165) is 6.07 Å². The normalized spacial score (nSPS) is 17.6. The first-order chi connectivity index (χ1) is 10.8. The number of azide groups is 1. The van der Waals surface area contributed by atoms with Crippen LogP contribution in [-0.4, -0.2) is 35.8 Å². The third kappa shape index (κ3) is 4.75. The van der Waals surface area contributed by atoms with Crippen LogP contribution < -0.4 is 4.74 Å². The minimum absolute atomic E-state index is 0.0863. The van der Waals surface area contributed by atoms with Crippen LogP contribution in [0, 0.1) is 5.82 Å². The monoisotopic (exact) mass is 322 g/mol. The Morgan fingerprint density at radius 2 is 2.22 bits per heavy atom. The van der Waals surface area contributed by atoms with Crippen LogP contribution in [0.1, 0.15) is 27.2 Å². The van der Waals surface area contributed by atoms with Gasteiger partial charge in [0, 0.05) is 17.9 Å². The molecule has 1 unspecified atom stereocenters. The van der Waals surface area contributed by atoms with Gasteiger partial charge in [-0.05, 0) is 44.5 Å². The van der Waals surface area contributed by atoms with Crippen LogP contribution in [0.3, 0.4) is 0 Å². The smallest absolute Gasteiger partial charge is 0.410 e. The van der Waals surface area contributed by atoms with Gasteiger partial charge in [-0.15, -0.1) is 0 Å². The minimum Gasteiger partial charge on any atom is -0.488 e. The molecular formula is C15H19FN4O3. The van der Waals surface area contributed by atoms with E-state index in [-0.39, 0.29) is 11.8 Å². The summed E-state index contributed by atoms with van der Waals surface area (Å²) >= 11 is 0. The zero-order valence-corrected chi connectivity index (χ0v) is 13.3. The summed E-state index contributed by atoms with van der Waals surface area (Å²) in [6.07, 6.45) is -0.0367. The van der Waals surface area contributed by atoms with Crippen molar-refractivity contribution < 1.29 is 18.7 Å². The number of rotatable bonds is 3. The molecule has 23 heavy (non-hydrogen) atoms. The van der Waals surface area contributed by atoms with Crippen LogP contribution in [-0.2, 0) is 4.74 Å². The number of halogens is 1. The molecule has 1 aromatic rings. The highest BCUT2D eigenvalue weighted by Crippen LogP contribution is 2.31. The molecule has 2 rings (SSSR count). The highest BCUT2D eigenvalue weighted by Gasteiger charge is 2.31. The second-order valence-electron chi connectivity index (χ2n) is 6.26. The van der Waals surface area contributed by atoms with Gasteiger partial charge in [-0.2, -0.15) is 0 Å². The molecule has 0 radical (unpaired) electrons. The zero-order chi connectivity index (χ0) is 17.0. The van der Waals surface area contributed by atoms with Gasteiger partial charge in [0.25, 0.3) is 0 Å². The Morgan fingerprint density at radius 3 is 2.87 bits per heavy atom. The molecular weight excluding hydrogens is 303 g/mol. The van der Waals surface area contributed by atoms with Crippen molar-refractivity contribution in [1.82, 2.24) is 4.90 Å². The van der Waals surface area contributed by atoms with E-state index in [4.69, 9.17) is 15.0 Å². The molecule has 0 N–H and O–H groups in total. The van der Waals surface area contributed by atoms with E-state index in [1.165, 1.54) is 12.1 Å². The van der Waals surface area contributed by atoms with Gasteiger partial charge in [0.1, 0.15) is 23.3 Å². The maximum Gasteiger partial charge on any atom is 0.410 e. The molecule has 1 saturated heterocycles. The van der Waals surface area contributed by atoms with Crippen LogP contribution in [0.5, 0.6) is 5.75 Å². The molecule has 0 aliphatic carbocycles. The maximum absolute atomic E-state index is 13.2. The van der Waals surface area contributed by atoms with Gasteiger partial charge in [0.15, 0.2) is 0 Å². The van der Waals surface area contributed by atoms with E-state index in [1.54, 1.807) is 25.7 Å². The molecule has 8 heteroatoms. The Labute approximate surface area is 133 Å². The summed E-state index contributed by atoms with van der Waals surface area (Å²) in [6.45, 7) is 6.29. The fourth-order valence-electron chi connectivity index (χ4n) is 2.21. The summed E-state index contributed by atoms with van der Waals surface area (Å²) in [5.41, 5.74) is 8.06. The van der Waals surface area contributed by atoms with Crippen LogP contribution >= 0.6 is 0 Å². The molecule has 124 valence electrons. The Bertz CT molecular complexity index is 638. The molecule has 0 aromatic heterocycles. The standard InChI is InChI=1S/C15H19FN4O3/c1-15(2,3)23-14(21)20-7-6-11(9-20)22-13-5-4-10(16)8-12(13)18-19-17/h4-5,8,11H,6-7,9H2,1-3H3. The number of benzene rings is 1. The molecule has 1 aromatic carbocycles. The van der Waals surface area contributed by atoms with Gasteiger partial charge in [-0.1, -0.05) is 5.11 Å². The van der Waals surface area contributed by atoms with E-state index >= 15 is 0 Å². The lowest BCUT2D eigenvalue weighted by molar-refractivity contribution is 0.0276. The molecule has 0 spiro atoms. The van der Waals surface area contributed by atoms with Gasteiger partial charge in [-0.25, -0.2) is 9.18 Å². The second kappa shape index (κ2) is 6.75.